The van der Waals surface area contributed by atoms with E-state index in [2.05, 4.69) is 15.6 Å². The first-order chi connectivity index (χ1) is 15.5. The largest absolute Gasteiger partial charge is 0.485 e. The molecule has 166 valence electrons. The number of benzene rings is 3. The molecule has 0 radical (unpaired) electrons. The molecule has 0 heterocycles. The minimum Gasteiger partial charge on any atom is -0.485 e. The Hall–Kier alpha value is -3.42. The molecule has 3 aromatic rings. The summed E-state index contributed by atoms with van der Waals surface area (Å²) in [4.78, 5) is 15.9. The van der Waals surface area contributed by atoms with E-state index in [1.165, 1.54) is 7.05 Å². The molecule has 32 heavy (non-hydrogen) atoms. The number of ether oxygens (including phenoxy) is 2. The van der Waals surface area contributed by atoms with Gasteiger partial charge in [0.1, 0.15) is 18.2 Å². The Kier molecular flexibility index (Phi) is 8.19. The molecule has 4 N–H and O–H groups in total. The predicted octanol–water partition coefficient (Wildman–Crippen LogP) is 5.22. The van der Waals surface area contributed by atoms with E-state index < -0.39 is 6.03 Å². The van der Waals surface area contributed by atoms with Crippen molar-refractivity contribution in [3.05, 3.63) is 87.9 Å². The highest BCUT2D eigenvalue weighted by Gasteiger charge is 2.21. The summed E-state index contributed by atoms with van der Waals surface area (Å²) >= 11 is 13.0. The third-order valence-electron chi connectivity index (χ3n) is 4.32. The molecule has 0 saturated carbocycles. The van der Waals surface area contributed by atoms with Crippen LogP contribution in [0.25, 0.3) is 0 Å². The number of nitrogens with zero attached hydrogens (tertiary/aromatic N) is 1. The molecule has 0 aliphatic carbocycles. The molecule has 0 atom stereocenters. The van der Waals surface area contributed by atoms with Gasteiger partial charge in [0.15, 0.2) is 17.5 Å². The number of anilines is 1. The molecule has 2 amide bonds. The van der Waals surface area contributed by atoms with E-state index in [4.69, 9.17) is 38.4 Å². The van der Waals surface area contributed by atoms with Gasteiger partial charge in [0.25, 0.3) is 0 Å². The van der Waals surface area contributed by atoms with Crippen molar-refractivity contribution in [2.24, 2.45) is 10.7 Å². The Morgan fingerprint density at radius 2 is 1.53 bits per heavy atom. The molecule has 3 rings (SSSR count). The maximum Gasteiger partial charge on any atom is 0.326 e. The van der Waals surface area contributed by atoms with Gasteiger partial charge in [-0.05, 0) is 11.1 Å². The number of halogens is 2. The SMILES string of the molecule is CN=C(N)NC(=O)Nc1c(Cl)cc(OCc2ccccc2)c(OCc2ccccc2)c1Cl. The van der Waals surface area contributed by atoms with E-state index in [0.717, 1.165) is 11.1 Å². The average molecular weight is 473 g/mol. The predicted molar refractivity (Wildman–Crippen MR) is 128 cm³/mol. The van der Waals surface area contributed by atoms with Gasteiger partial charge in [-0.25, -0.2) is 4.79 Å². The van der Waals surface area contributed by atoms with Crippen LogP contribution in [-0.4, -0.2) is 19.0 Å². The molecule has 0 fully saturated rings. The summed E-state index contributed by atoms with van der Waals surface area (Å²) in [5.74, 6) is 0.543. The van der Waals surface area contributed by atoms with Gasteiger partial charge in [-0.15, -0.1) is 0 Å². The van der Waals surface area contributed by atoms with Gasteiger partial charge in [0, 0.05) is 13.1 Å². The summed E-state index contributed by atoms with van der Waals surface area (Å²) in [6.45, 7) is 0.525. The second-order valence-corrected chi connectivity index (χ2v) is 7.40. The number of amides is 2. The number of carbonyl (C=O) groups is 1. The van der Waals surface area contributed by atoms with Crippen molar-refractivity contribution < 1.29 is 14.3 Å². The van der Waals surface area contributed by atoms with Crippen LogP contribution in [-0.2, 0) is 13.2 Å². The van der Waals surface area contributed by atoms with Crippen molar-refractivity contribution in [1.29, 1.82) is 0 Å². The summed E-state index contributed by atoms with van der Waals surface area (Å²) in [6, 6.07) is 20.1. The average Bonchev–Trinajstić information content (AvgIpc) is 2.81. The highest BCUT2D eigenvalue weighted by atomic mass is 35.5. The lowest BCUT2D eigenvalue weighted by Crippen LogP contribution is -2.39. The summed E-state index contributed by atoms with van der Waals surface area (Å²) in [6.07, 6.45) is 0. The Morgan fingerprint density at radius 1 is 0.969 bits per heavy atom. The molecule has 0 aliphatic heterocycles. The van der Waals surface area contributed by atoms with Crippen molar-refractivity contribution in [3.63, 3.8) is 0 Å². The smallest absolute Gasteiger partial charge is 0.326 e. The molecule has 7 nitrogen and oxygen atoms in total. The minimum atomic E-state index is -0.649. The lowest BCUT2D eigenvalue weighted by Gasteiger charge is -2.18. The minimum absolute atomic E-state index is 0.0573. The number of nitrogens with one attached hydrogen (secondary N) is 2. The molecule has 0 spiro atoms. The quantitative estimate of drug-likeness (QED) is 0.324. The maximum atomic E-state index is 12.2. The molecule has 0 aromatic heterocycles. The molecule has 3 aromatic carbocycles. The third kappa shape index (κ3) is 6.29. The van der Waals surface area contributed by atoms with E-state index in [1.807, 2.05) is 60.7 Å². The summed E-state index contributed by atoms with van der Waals surface area (Å²) < 4.78 is 11.9. The van der Waals surface area contributed by atoms with Crippen LogP contribution >= 0.6 is 23.2 Å². The van der Waals surface area contributed by atoms with Crippen LogP contribution in [0.3, 0.4) is 0 Å². The Balaban J connectivity index is 1.89. The Labute approximate surface area is 196 Å². The van der Waals surface area contributed by atoms with Crippen molar-refractivity contribution in [2.75, 3.05) is 12.4 Å². The number of urea groups is 1. The lowest BCUT2D eigenvalue weighted by molar-refractivity contribution is 0.255. The number of nitrogens with two attached hydrogens (primary N) is 1. The van der Waals surface area contributed by atoms with Crippen LogP contribution in [0, 0.1) is 0 Å². The number of hydrogen-bond acceptors (Lipinski definition) is 4. The first-order valence-corrected chi connectivity index (χ1v) is 10.4. The van der Waals surface area contributed by atoms with Gasteiger partial charge in [0.05, 0.1) is 10.7 Å². The van der Waals surface area contributed by atoms with Crippen LogP contribution in [0.2, 0.25) is 10.0 Å². The molecule has 0 unspecified atom stereocenters. The van der Waals surface area contributed by atoms with Crippen LogP contribution < -0.4 is 25.8 Å². The molecule has 0 bridgehead atoms. The van der Waals surface area contributed by atoms with Gasteiger partial charge in [-0.1, -0.05) is 83.9 Å². The Bertz CT molecular complexity index is 1090. The number of aliphatic imine (C=N–C) groups is 1. The van der Waals surface area contributed by atoms with Crippen molar-refractivity contribution >= 4 is 40.9 Å². The van der Waals surface area contributed by atoms with E-state index in [1.54, 1.807) is 6.07 Å². The van der Waals surface area contributed by atoms with Crippen LogP contribution in [0.5, 0.6) is 11.5 Å². The normalized spacial score (nSPS) is 11.0. The maximum absolute atomic E-state index is 12.2. The molecule has 9 heteroatoms. The first-order valence-electron chi connectivity index (χ1n) is 9.63. The fourth-order valence-corrected chi connectivity index (χ4v) is 3.30. The number of hydrogen-bond donors (Lipinski definition) is 3. The van der Waals surface area contributed by atoms with Crippen molar-refractivity contribution in [3.8, 4) is 11.5 Å². The van der Waals surface area contributed by atoms with E-state index >= 15 is 0 Å². The van der Waals surface area contributed by atoms with Crippen LogP contribution in [0.1, 0.15) is 11.1 Å². The van der Waals surface area contributed by atoms with Gasteiger partial charge >= 0.3 is 6.03 Å². The van der Waals surface area contributed by atoms with Gasteiger partial charge < -0.3 is 20.5 Å². The summed E-state index contributed by atoms with van der Waals surface area (Å²) in [7, 11) is 1.45. The second-order valence-electron chi connectivity index (χ2n) is 6.61. The molecular weight excluding hydrogens is 451 g/mol. The molecule has 0 saturated heterocycles. The van der Waals surface area contributed by atoms with E-state index in [-0.39, 0.29) is 40.7 Å². The van der Waals surface area contributed by atoms with Crippen molar-refractivity contribution in [2.45, 2.75) is 13.2 Å². The number of guanidine groups is 1. The van der Waals surface area contributed by atoms with Crippen LogP contribution in [0.15, 0.2) is 71.7 Å². The molecule has 0 aliphatic rings. The summed E-state index contributed by atoms with van der Waals surface area (Å²) in [5, 5.41) is 5.20. The second kappa shape index (κ2) is 11.3. The number of rotatable bonds is 7. The van der Waals surface area contributed by atoms with E-state index in [0.29, 0.717) is 5.75 Å². The highest BCUT2D eigenvalue weighted by molar-refractivity contribution is 6.41. The highest BCUT2D eigenvalue weighted by Crippen LogP contribution is 2.45. The van der Waals surface area contributed by atoms with Crippen LogP contribution in [0.4, 0.5) is 10.5 Å². The number of carbonyl (C=O) groups excluding carboxylic acids is 1. The summed E-state index contributed by atoms with van der Waals surface area (Å²) in [5.41, 5.74) is 7.59. The Morgan fingerprint density at radius 3 is 2.09 bits per heavy atom. The zero-order chi connectivity index (χ0) is 22.9. The fraction of sp³-hybridized carbons (Fsp3) is 0.130. The van der Waals surface area contributed by atoms with Crippen molar-refractivity contribution in [1.82, 2.24) is 5.32 Å². The van der Waals surface area contributed by atoms with Gasteiger partial charge in [0.2, 0.25) is 0 Å². The standard InChI is InChI=1S/C23H22Cl2N4O3/c1-27-22(26)29-23(30)28-20-17(24)12-18(31-13-15-8-4-2-5-9-15)21(19(20)25)32-14-16-10-6-3-7-11-16/h2-12H,13-14H2,1H3,(H4,26,27,28,29,30). The topological polar surface area (TPSA) is 98.0 Å². The van der Waals surface area contributed by atoms with Gasteiger partial charge in [-0.3, -0.25) is 10.3 Å². The van der Waals surface area contributed by atoms with Gasteiger partial charge in [-0.2, -0.15) is 0 Å². The third-order valence-corrected chi connectivity index (χ3v) is 4.98. The monoisotopic (exact) mass is 472 g/mol. The zero-order valence-corrected chi connectivity index (χ0v) is 18.8. The fourth-order valence-electron chi connectivity index (χ4n) is 2.72. The first kappa shape index (κ1) is 23.2. The van der Waals surface area contributed by atoms with E-state index in [9.17, 15) is 4.79 Å². The molecular formula is C23H22Cl2N4O3. The lowest BCUT2D eigenvalue weighted by atomic mass is 10.2. The zero-order valence-electron chi connectivity index (χ0n) is 17.3.